The average Bonchev–Trinajstić information content (AvgIpc) is 3.00. The molecular formula is C23H19ClF2N4O2. The van der Waals surface area contributed by atoms with E-state index in [-0.39, 0.29) is 16.7 Å². The van der Waals surface area contributed by atoms with Crippen molar-refractivity contribution in [1.29, 1.82) is 0 Å². The summed E-state index contributed by atoms with van der Waals surface area (Å²) in [6.07, 6.45) is 0. The van der Waals surface area contributed by atoms with Crippen LogP contribution in [0.3, 0.4) is 0 Å². The molecule has 9 heteroatoms. The number of aryl methyl sites for hydroxylation is 2. The van der Waals surface area contributed by atoms with Gasteiger partial charge in [0.25, 0.3) is 5.91 Å². The number of nitrogens with zero attached hydrogens (tertiary/aromatic N) is 3. The van der Waals surface area contributed by atoms with Crippen LogP contribution < -0.4 is 10.1 Å². The van der Waals surface area contributed by atoms with Crippen molar-refractivity contribution in [3.05, 3.63) is 70.5 Å². The van der Waals surface area contributed by atoms with Gasteiger partial charge in [-0.3, -0.25) is 9.48 Å². The van der Waals surface area contributed by atoms with Crippen LogP contribution in [-0.2, 0) is 7.05 Å². The van der Waals surface area contributed by atoms with E-state index in [0.717, 1.165) is 17.0 Å². The van der Waals surface area contributed by atoms with Crippen LogP contribution in [0.2, 0.25) is 5.02 Å². The molecule has 0 aliphatic rings. The Morgan fingerprint density at radius 2 is 1.91 bits per heavy atom. The van der Waals surface area contributed by atoms with Gasteiger partial charge < -0.3 is 10.1 Å². The molecule has 0 radical (unpaired) electrons. The summed E-state index contributed by atoms with van der Waals surface area (Å²) in [4.78, 5) is 17.9. The molecule has 0 atom stereocenters. The molecule has 32 heavy (non-hydrogen) atoms. The summed E-state index contributed by atoms with van der Waals surface area (Å²) in [5.74, 6) is -0.554. The molecule has 164 valence electrons. The first-order chi connectivity index (χ1) is 15.2. The summed E-state index contributed by atoms with van der Waals surface area (Å²) in [5.41, 5.74) is 4.66. The topological polar surface area (TPSA) is 69.0 Å². The number of fused-ring (bicyclic) bond motifs is 1. The zero-order valence-corrected chi connectivity index (χ0v) is 18.2. The number of benzene rings is 2. The average molecular weight is 457 g/mol. The Balaban J connectivity index is 1.75. The number of nitrogens with one attached hydrogen (secondary N) is 1. The minimum absolute atomic E-state index is 0.0371. The zero-order valence-electron chi connectivity index (χ0n) is 17.5. The number of amides is 1. The third-order valence-electron chi connectivity index (χ3n) is 5.13. The van der Waals surface area contributed by atoms with Crippen molar-refractivity contribution < 1.29 is 18.3 Å². The lowest BCUT2D eigenvalue weighted by Gasteiger charge is -2.12. The van der Waals surface area contributed by atoms with E-state index in [0.29, 0.717) is 27.8 Å². The molecule has 1 N–H and O–H groups in total. The van der Waals surface area contributed by atoms with E-state index in [9.17, 15) is 13.6 Å². The molecule has 0 fully saturated rings. The third kappa shape index (κ3) is 4.13. The van der Waals surface area contributed by atoms with Gasteiger partial charge in [-0.05, 0) is 44.2 Å². The molecule has 6 nitrogen and oxygen atoms in total. The SMILES string of the molecule is Cc1nn(C)c(C)c1-c1cc(C(=O)Nc2ccc(OC(F)F)c(Cl)c2)c2ccccc2n1. The number of alkyl halides is 2. The Hall–Kier alpha value is -3.52. The molecule has 0 bridgehead atoms. The highest BCUT2D eigenvalue weighted by Gasteiger charge is 2.19. The number of halogens is 3. The number of ether oxygens (including phenoxy) is 1. The van der Waals surface area contributed by atoms with Gasteiger partial charge in [-0.2, -0.15) is 13.9 Å². The summed E-state index contributed by atoms with van der Waals surface area (Å²) in [7, 11) is 1.85. The Bertz CT molecular complexity index is 1340. The number of carbonyl (C=O) groups is 1. The lowest BCUT2D eigenvalue weighted by Crippen LogP contribution is -2.13. The molecule has 4 aromatic rings. The van der Waals surface area contributed by atoms with Crippen molar-refractivity contribution in [3.8, 4) is 17.0 Å². The first kappa shape index (κ1) is 21.7. The lowest BCUT2D eigenvalue weighted by atomic mass is 10.0. The standard InChI is InChI=1S/C23H19ClF2N4O2/c1-12-21(13(2)30(3)29-12)19-11-16(15-6-4-5-7-18(15)28-19)22(31)27-14-8-9-20(17(24)10-14)32-23(25)26/h4-11,23H,1-3H3,(H,27,31). The van der Waals surface area contributed by atoms with Gasteiger partial charge in [-0.15, -0.1) is 0 Å². The smallest absolute Gasteiger partial charge is 0.387 e. The van der Waals surface area contributed by atoms with Crippen LogP contribution in [0.15, 0.2) is 48.5 Å². The maximum absolute atomic E-state index is 13.2. The van der Waals surface area contributed by atoms with E-state index in [1.54, 1.807) is 10.7 Å². The Morgan fingerprint density at radius 1 is 1.16 bits per heavy atom. The summed E-state index contributed by atoms with van der Waals surface area (Å²) in [5, 5.41) is 7.85. The van der Waals surface area contributed by atoms with E-state index < -0.39 is 6.61 Å². The highest BCUT2D eigenvalue weighted by molar-refractivity contribution is 6.32. The first-order valence-electron chi connectivity index (χ1n) is 9.70. The van der Waals surface area contributed by atoms with Crippen molar-refractivity contribution in [1.82, 2.24) is 14.8 Å². The number of anilines is 1. The van der Waals surface area contributed by atoms with Gasteiger partial charge in [0, 0.05) is 29.4 Å². The molecule has 1 amide bonds. The summed E-state index contributed by atoms with van der Waals surface area (Å²) >= 11 is 6.01. The maximum Gasteiger partial charge on any atom is 0.387 e. The lowest BCUT2D eigenvalue weighted by molar-refractivity contribution is -0.0497. The van der Waals surface area contributed by atoms with E-state index in [2.05, 4.69) is 15.2 Å². The normalized spacial score (nSPS) is 11.2. The molecule has 2 aromatic carbocycles. The number of rotatable bonds is 5. The van der Waals surface area contributed by atoms with Gasteiger partial charge >= 0.3 is 6.61 Å². The molecule has 0 aliphatic heterocycles. The zero-order chi connectivity index (χ0) is 23.0. The Kier molecular flexibility index (Phi) is 5.80. The number of hydrogen-bond acceptors (Lipinski definition) is 4. The molecule has 2 aromatic heterocycles. The number of pyridine rings is 1. The second kappa shape index (κ2) is 8.55. The monoisotopic (exact) mass is 456 g/mol. The fraction of sp³-hybridized carbons (Fsp3) is 0.174. The highest BCUT2D eigenvalue weighted by Crippen LogP contribution is 2.31. The molecule has 0 saturated carbocycles. The maximum atomic E-state index is 13.2. The summed E-state index contributed by atoms with van der Waals surface area (Å²) < 4.78 is 31.0. The van der Waals surface area contributed by atoms with Crippen LogP contribution in [0.25, 0.3) is 22.2 Å². The second-order valence-corrected chi connectivity index (χ2v) is 7.63. The Morgan fingerprint density at radius 3 is 2.56 bits per heavy atom. The van der Waals surface area contributed by atoms with Crippen LogP contribution in [0.4, 0.5) is 14.5 Å². The number of carbonyl (C=O) groups excluding carboxylic acids is 1. The predicted molar refractivity (Wildman–Crippen MR) is 119 cm³/mol. The van der Waals surface area contributed by atoms with Crippen molar-refractivity contribution in [2.75, 3.05) is 5.32 Å². The molecular weight excluding hydrogens is 438 g/mol. The van der Waals surface area contributed by atoms with Crippen molar-refractivity contribution >= 4 is 34.1 Å². The van der Waals surface area contributed by atoms with E-state index >= 15 is 0 Å². The first-order valence-corrected chi connectivity index (χ1v) is 10.1. The highest BCUT2D eigenvalue weighted by atomic mass is 35.5. The van der Waals surface area contributed by atoms with Gasteiger partial charge in [0.2, 0.25) is 0 Å². The largest absolute Gasteiger partial charge is 0.433 e. The number of aromatic nitrogens is 3. The van der Waals surface area contributed by atoms with Crippen LogP contribution in [0.1, 0.15) is 21.7 Å². The van der Waals surface area contributed by atoms with Crippen LogP contribution in [-0.4, -0.2) is 27.3 Å². The summed E-state index contributed by atoms with van der Waals surface area (Å²) in [6, 6.07) is 13.1. The summed E-state index contributed by atoms with van der Waals surface area (Å²) in [6.45, 7) is 0.843. The fourth-order valence-corrected chi connectivity index (χ4v) is 3.83. The number of para-hydroxylation sites is 1. The Labute approximate surface area is 187 Å². The molecule has 0 unspecified atom stereocenters. The van der Waals surface area contributed by atoms with Crippen molar-refractivity contribution in [2.45, 2.75) is 20.5 Å². The van der Waals surface area contributed by atoms with Gasteiger partial charge in [0.1, 0.15) is 5.75 Å². The second-order valence-electron chi connectivity index (χ2n) is 7.22. The van der Waals surface area contributed by atoms with E-state index in [4.69, 9.17) is 16.6 Å². The minimum Gasteiger partial charge on any atom is -0.433 e. The van der Waals surface area contributed by atoms with Gasteiger partial charge in [-0.1, -0.05) is 29.8 Å². The molecule has 2 heterocycles. The van der Waals surface area contributed by atoms with Crippen molar-refractivity contribution in [2.24, 2.45) is 7.05 Å². The molecule has 0 saturated heterocycles. The minimum atomic E-state index is -2.99. The number of hydrogen-bond donors (Lipinski definition) is 1. The van der Waals surface area contributed by atoms with Gasteiger partial charge in [0.05, 0.1) is 27.5 Å². The van der Waals surface area contributed by atoms with Gasteiger partial charge in [-0.25, -0.2) is 4.98 Å². The predicted octanol–water partition coefficient (Wildman–Crippen LogP) is 5.76. The van der Waals surface area contributed by atoms with Gasteiger partial charge in [0.15, 0.2) is 0 Å². The van der Waals surface area contributed by atoms with Crippen molar-refractivity contribution in [3.63, 3.8) is 0 Å². The molecule has 4 rings (SSSR count). The quantitative estimate of drug-likeness (QED) is 0.414. The molecule has 0 aliphatic carbocycles. The van der Waals surface area contributed by atoms with E-state index in [1.807, 2.05) is 45.2 Å². The van der Waals surface area contributed by atoms with Crippen LogP contribution >= 0.6 is 11.6 Å². The van der Waals surface area contributed by atoms with E-state index in [1.165, 1.54) is 18.2 Å². The third-order valence-corrected chi connectivity index (χ3v) is 5.43. The molecule has 0 spiro atoms. The van der Waals surface area contributed by atoms with Crippen LogP contribution in [0.5, 0.6) is 5.75 Å². The fourth-order valence-electron chi connectivity index (χ4n) is 3.60. The van der Waals surface area contributed by atoms with Crippen LogP contribution in [0, 0.1) is 13.8 Å².